The highest BCUT2D eigenvalue weighted by molar-refractivity contribution is 8.00. The first-order valence-electron chi connectivity index (χ1n) is 9.53. The van der Waals surface area contributed by atoms with E-state index in [0.717, 1.165) is 16.9 Å². The van der Waals surface area contributed by atoms with E-state index in [1.165, 1.54) is 11.8 Å². The van der Waals surface area contributed by atoms with Crippen LogP contribution in [0.5, 0.6) is 0 Å². The summed E-state index contributed by atoms with van der Waals surface area (Å²) < 4.78 is 0. The second-order valence-corrected chi connectivity index (χ2v) is 8.73. The van der Waals surface area contributed by atoms with Crippen LogP contribution >= 0.6 is 35.0 Å². The van der Waals surface area contributed by atoms with Crippen LogP contribution in [-0.2, 0) is 16.1 Å². The third-order valence-electron chi connectivity index (χ3n) is 4.61. The molecule has 0 aliphatic carbocycles. The molecule has 2 rings (SSSR count). The smallest absolute Gasteiger partial charge is 0.242 e. The highest BCUT2D eigenvalue weighted by Crippen LogP contribution is 2.24. The number of halogens is 2. The Hall–Kier alpha value is -1.69. The fourth-order valence-electron chi connectivity index (χ4n) is 2.63. The maximum absolute atomic E-state index is 13.0. The van der Waals surface area contributed by atoms with Crippen LogP contribution in [0.4, 0.5) is 0 Å². The molecule has 0 radical (unpaired) electrons. The number of nitrogens with one attached hydrogen (secondary N) is 1. The molecular formula is C22H26Cl2N2O2S. The first-order chi connectivity index (χ1) is 13.8. The molecule has 1 N–H and O–H groups in total. The Labute approximate surface area is 187 Å². The van der Waals surface area contributed by atoms with Gasteiger partial charge in [-0.05, 0) is 50.1 Å². The van der Waals surface area contributed by atoms with Crippen LogP contribution in [0, 0.1) is 0 Å². The monoisotopic (exact) mass is 452 g/mol. The Morgan fingerprint density at radius 1 is 1.07 bits per heavy atom. The molecule has 2 aromatic rings. The number of rotatable bonds is 9. The molecule has 29 heavy (non-hydrogen) atoms. The van der Waals surface area contributed by atoms with Gasteiger partial charge in [0.15, 0.2) is 0 Å². The number of carbonyl (C=O) groups excluding carboxylic acids is 2. The second kappa shape index (κ2) is 11.5. The lowest BCUT2D eigenvalue weighted by atomic mass is 10.1. The number of nitrogens with zero attached hydrogens (tertiary/aromatic N) is 1. The molecule has 0 aliphatic rings. The van der Waals surface area contributed by atoms with Gasteiger partial charge in [0, 0.05) is 17.5 Å². The molecule has 0 saturated heterocycles. The molecule has 7 heteroatoms. The molecule has 2 unspecified atom stereocenters. The lowest BCUT2D eigenvalue weighted by Crippen LogP contribution is -2.50. The molecule has 0 fully saturated rings. The maximum Gasteiger partial charge on any atom is 0.242 e. The summed E-state index contributed by atoms with van der Waals surface area (Å²) in [4.78, 5) is 28.3. The van der Waals surface area contributed by atoms with E-state index in [9.17, 15) is 9.59 Å². The summed E-state index contributed by atoms with van der Waals surface area (Å²) in [5, 5.41) is 3.84. The van der Waals surface area contributed by atoms with Crippen LogP contribution in [-0.4, -0.2) is 34.6 Å². The zero-order valence-electron chi connectivity index (χ0n) is 16.8. The summed E-state index contributed by atoms with van der Waals surface area (Å²) >= 11 is 13.6. The van der Waals surface area contributed by atoms with Crippen molar-refractivity contribution in [3.8, 4) is 0 Å². The lowest BCUT2D eigenvalue weighted by Gasteiger charge is -2.29. The zero-order chi connectivity index (χ0) is 21.4. The predicted molar refractivity (Wildman–Crippen MR) is 122 cm³/mol. The van der Waals surface area contributed by atoms with E-state index in [0.29, 0.717) is 10.0 Å². The second-order valence-electron chi connectivity index (χ2n) is 6.87. The van der Waals surface area contributed by atoms with Gasteiger partial charge in [-0.15, -0.1) is 11.8 Å². The molecule has 0 bridgehead atoms. The first kappa shape index (κ1) is 23.6. The maximum atomic E-state index is 13.0. The average Bonchev–Trinajstić information content (AvgIpc) is 2.72. The fraction of sp³-hybridized carbons (Fsp3) is 0.364. The minimum absolute atomic E-state index is 0.0468. The van der Waals surface area contributed by atoms with Gasteiger partial charge in [-0.1, -0.05) is 54.4 Å². The number of carbonyl (C=O) groups is 2. The summed E-state index contributed by atoms with van der Waals surface area (Å²) in [7, 11) is 0. The molecule has 2 aromatic carbocycles. The van der Waals surface area contributed by atoms with Gasteiger partial charge < -0.3 is 10.2 Å². The Kier molecular flexibility index (Phi) is 9.34. The molecule has 2 amide bonds. The van der Waals surface area contributed by atoms with E-state index in [1.54, 1.807) is 24.0 Å². The number of hydrogen-bond acceptors (Lipinski definition) is 3. The van der Waals surface area contributed by atoms with E-state index in [-0.39, 0.29) is 30.2 Å². The van der Waals surface area contributed by atoms with Crippen LogP contribution < -0.4 is 5.32 Å². The molecule has 2 atom stereocenters. The largest absolute Gasteiger partial charge is 0.352 e. The molecule has 0 spiro atoms. The van der Waals surface area contributed by atoms with E-state index >= 15 is 0 Å². The van der Waals surface area contributed by atoms with Crippen molar-refractivity contribution >= 4 is 46.8 Å². The van der Waals surface area contributed by atoms with Crippen molar-refractivity contribution in [2.75, 3.05) is 5.75 Å². The van der Waals surface area contributed by atoms with Crippen molar-refractivity contribution < 1.29 is 9.59 Å². The van der Waals surface area contributed by atoms with Gasteiger partial charge in [-0.3, -0.25) is 9.59 Å². The number of benzene rings is 2. The third kappa shape index (κ3) is 7.25. The van der Waals surface area contributed by atoms with Crippen LogP contribution in [0.3, 0.4) is 0 Å². The third-order valence-corrected chi connectivity index (χ3v) is 6.35. The van der Waals surface area contributed by atoms with Crippen molar-refractivity contribution in [3.63, 3.8) is 0 Å². The van der Waals surface area contributed by atoms with Crippen LogP contribution in [0.15, 0.2) is 53.4 Å². The topological polar surface area (TPSA) is 49.4 Å². The quantitative estimate of drug-likeness (QED) is 0.516. The summed E-state index contributed by atoms with van der Waals surface area (Å²) in [6, 6.07) is 14.4. The van der Waals surface area contributed by atoms with Crippen molar-refractivity contribution in [3.05, 3.63) is 64.1 Å². The number of amides is 2. The first-order valence-corrected chi connectivity index (χ1v) is 11.3. The molecular weight excluding hydrogens is 427 g/mol. The summed E-state index contributed by atoms with van der Waals surface area (Å²) in [5.74, 6) is -0.0408. The van der Waals surface area contributed by atoms with Crippen LogP contribution in [0.2, 0.25) is 10.0 Å². The van der Waals surface area contributed by atoms with Crippen molar-refractivity contribution in [2.45, 2.75) is 50.7 Å². The summed E-state index contributed by atoms with van der Waals surface area (Å²) in [6.07, 6.45) is 0.822. The molecule has 0 aliphatic heterocycles. The molecule has 0 saturated carbocycles. The van der Waals surface area contributed by atoms with Gasteiger partial charge in [0.05, 0.1) is 15.8 Å². The standard InChI is InChI=1S/C22H26Cl2N2O2S/c1-4-15(2)25-22(28)16(3)26(13-17-10-11-19(23)20(24)12-17)21(27)14-29-18-8-6-5-7-9-18/h5-12,15-16H,4,13-14H2,1-3H3,(H,25,28). The van der Waals surface area contributed by atoms with Gasteiger partial charge in [0.25, 0.3) is 0 Å². The Balaban J connectivity index is 2.17. The molecule has 156 valence electrons. The van der Waals surface area contributed by atoms with Crippen LogP contribution in [0.25, 0.3) is 0 Å². The van der Waals surface area contributed by atoms with Crippen molar-refractivity contribution in [1.29, 1.82) is 0 Å². The fourth-order valence-corrected chi connectivity index (χ4v) is 3.75. The normalized spacial score (nSPS) is 12.9. The Morgan fingerprint density at radius 3 is 2.38 bits per heavy atom. The molecule has 0 aromatic heterocycles. The van der Waals surface area contributed by atoms with Crippen molar-refractivity contribution in [1.82, 2.24) is 10.2 Å². The highest BCUT2D eigenvalue weighted by atomic mass is 35.5. The van der Waals surface area contributed by atoms with Crippen molar-refractivity contribution in [2.24, 2.45) is 0 Å². The van der Waals surface area contributed by atoms with Gasteiger partial charge in [-0.2, -0.15) is 0 Å². The zero-order valence-corrected chi connectivity index (χ0v) is 19.2. The van der Waals surface area contributed by atoms with Gasteiger partial charge in [0.1, 0.15) is 6.04 Å². The Morgan fingerprint density at radius 2 is 1.76 bits per heavy atom. The van der Waals surface area contributed by atoms with E-state index in [2.05, 4.69) is 5.32 Å². The summed E-state index contributed by atoms with van der Waals surface area (Å²) in [6.45, 7) is 5.98. The highest BCUT2D eigenvalue weighted by Gasteiger charge is 2.27. The van der Waals surface area contributed by atoms with E-state index < -0.39 is 6.04 Å². The van der Waals surface area contributed by atoms with Gasteiger partial charge in [0.2, 0.25) is 11.8 Å². The molecule has 4 nitrogen and oxygen atoms in total. The SMILES string of the molecule is CCC(C)NC(=O)C(C)N(Cc1ccc(Cl)c(Cl)c1)C(=O)CSc1ccccc1. The lowest BCUT2D eigenvalue weighted by molar-refractivity contribution is -0.138. The van der Waals surface area contributed by atoms with E-state index in [1.807, 2.05) is 50.2 Å². The van der Waals surface area contributed by atoms with Gasteiger partial charge >= 0.3 is 0 Å². The van der Waals surface area contributed by atoms with E-state index in [4.69, 9.17) is 23.2 Å². The number of thioether (sulfide) groups is 1. The minimum Gasteiger partial charge on any atom is -0.352 e. The van der Waals surface area contributed by atoms with Gasteiger partial charge in [-0.25, -0.2) is 0 Å². The number of hydrogen-bond donors (Lipinski definition) is 1. The Bertz CT molecular complexity index is 833. The minimum atomic E-state index is -0.609. The average molecular weight is 453 g/mol. The predicted octanol–water partition coefficient (Wildman–Crippen LogP) is 5.42. The van der Waals surface area contributed by atoms with Crippen LogP contribution in [0.1, 0.15) is 32.8 Å². The summed E-state index contributed by atoms with van der Waals surface area (Å²) in [5.41, 5.74) is 0.820. The molecule has 0 heterocycles.